The predicted molar refractivity (Wildman–Crippen MR) is 72.6 cm³/mol. The van der Waals surface area contributed by atoms with Gasteiger partial charge >= 0.3 is 0 Å². The third-order valence-electron chi connectivity index (χ3n) is 2.27. The molecule has 19 heavy (non-hydrogen) atoms. The molecule has 2 rings (SSSR count). The lowest BCUT2D eigenvalue weighted by atomic mass is 10.3. The maximum absolute atomic E-state index is 8.64. The molecular weight excluding hydrogens is 262 g/mol. The van der Waals surface area contributed by atoms with E-state index in [-0.39, 0.29) is 5.57 Å². The zero-order chi connectivity index (χ0) is 13.7. The molecule has 1 aromatic heterocycles. The minimum absolute atomic E-state index is 0.00704. The van der Waals surface area contributed by atoms with Crippen molar-refractivity contribution in [3.05, 3.63) is 52.8 Å². The molecule has 0 saturated carbocycles. The van der Waals surface area contributed by atoms with Gasteiger partial charge in [-0.15, -0.1) is 0 Å². The van der Waals surface area contributed by atoms with E-state index in [1.54, 1.807) is 36.4 Å². The Hall–Kier alpha value is -2.69. The number of rotatable bonds is 3. The maximum Gasteiger partial charge on any atom is 0.197 e. The molecule has 4 nitrogen and oxygen atoms in total. The number of allylic oxidation sites excluding steroid dienone is 1. The predicted octanol–water partition coefficient (Wildman–Crippen LogP) is 4.11. The molecule has 0 atom stereocenters. The largest absolute Gasteiger partial charge is 0.441 e. The molecular formula is C14H8ClN3O. The molecule has 0 aliphatic heterocycles. The van der Waals surface area contributed by atoms with Gasteiger partial charge in [0.05, 0.1) is 0 Å². The van der Waals surface area contributed by atoms with E-state index >= 15 is 0 Å². The molecule has 0 unspecified atom stereocenters. The average Bonchev–Trinajstić information content (AvgIpc) is 2.86. The van der Waals surface area contributed by atoms with Crippen LogP contribution in [0, 0.1) is 22.7 Å². The molecule has 0 fully saturated rings. The third kappa shape index (κ3) is 3.38. The summed E-state index contributed by atoms with van der Waals surface area (Å²) in [7, 11) is 0. The van der Waals surface area contributed by atoms with Crippen LogP contribution in [0.15, 0.2) is 46.4 Å². The number of nitriles is 2. The SMILES string of the molecule is N#CC(C#N)=Cc1ccc(Nc2ccc(Cl)cc2)o1. The zero-order valence-corrected chi connectivity index (χ0v) is 10.5. The highest BCUT2D eigenvalue weighted by molar-refractivity contribution is 6.30. The molecule has 0 spiro atoms. The summed E-state index contributed by atoms with van der Waals surface area (Å²) in [4.78, 5) is 0. The molecule has 1 heterocycles. The van der Waals surface area contributed by atoms with Crippen LogP contribution < -0.4 is 5.32 Å². The highest BCUT2D eigenvalue weighted by Crippen LogP contribution is 2.22. The standard InChI is InChI=1S/C14H8ClN3O/c15-11-1-3-12(4-2-11)18-14-6-5-13(19-14)7-10(8-16)9-17/h1-7,18H. The summed E-state index contributed by atoms with van der Waals surface area (Å²) in [5, 5.41) is 21.0. The first-order valence-corrected chi connectivity index (χ1v) is 5.73. The number of anilines is 2. The molecule has 0 aliphatic carbocycles. The summed E-state index contributed by atoms with van der Waals surface area (Å²) >= 11 is 5.79. The first-order valence-electron chi connectivity index (χ1n) is 5.35. The van der Waals surface area contributed by atoms with Gasteiger partial charge in [-0.2, -0.15) is 10.5 Å². The first kappa shape index (κ1) is 12.8. The molecule has 0 radical (unpaired) electrons. The minimum Gasteiger partial charge on any atom is -0.441 e. The van der Waals surface area contributed by atoms with E-state index in [1.807, 2.05) is 12.1 Å². The number of halogens is 1. The number of hydrogen-bond acceptors (Lipinski definition) is 4. The molecule has 0 amide bonds. The Morgan fingerprint density at radius 1 is 1.11 bits per heavy atom. The Morgan fingerprint density at radius 3 is 2.42 bits per heavy atom. The van der Waals surface area contributed by atoms with E-state index in [9.17, 15) is 0 Å². The Bertz CT molecular complexity index is 671. The van der Waals surface area contributed by atoms with Crippen LogP contribution in [0.3, 0.4) is 0 Å². The fraction of sp³-hybridized carbons (Fsp3) is 0. The number of furan rings is 1. The smallest absolute Gasteiger partial charge is 0.197 e. The van der Waals surface area contributed by atoms with Gasteiger partial charge in [0.15, 0.2) is 5.88 Å². The van der Waals surface area contributed by atoms with Crippen molar-refractivity contribution in [2.75, 3.05) is 5.32 Å². The van der Waals surface area contributed by atoms with Crippen LogP contribution in [-0.2, 0) is 0 Å². The molecule has 5 heteroatoms. The van der Waals surface area contributed by atoms with E-state index in [1.165, 1.54) is 6.08 Å². The van der Waals surface area contributed by atoms with Gasteiger partial charge in [-0.1, -0.05) is 11.6 Å². The van der Waals surface area contributed by atoms with Crippen LogP contribution in [0.25, 0.3) is 6.08 Å². The van der Waals surface area contributed by atoms with Gasteiger partial charge in [-0.25, -0.2) is 0 Å². The number of nitrogens with zero attached hydrogens (tertiary/aromatic N) is 2. The van der Waals surface area contributed by atoms with Crippen molar-refractivity contribution in [3.63, 3.8) is 0 Å². The highest BCUT2D eigenvalue weighted by atomic mass is 35.5. The van der Waals surface area contributed by atoms with Crippen LogP contribution in [-0.4, -0.2) is 0 Å². The van der Waals surface area contributed by atoms with E-state index in [2.05, 4.69) is 5.32 Å². The van der Waals surface area contributed by atoms with E-state index in [4.69, 9.17) is 26.5 Å². The van der Waals surface area contributed by atoms with Gasteiger partial charge in [0.2, 0.25) is 0 Å². The van der Waals surface area contributed by atoms with Gasteiger partial charge in [-0.3, -0.25) is 0 Å². The lowest BCUT2D eigenvalue weighted by Crippen LogP contribution is -1.86. The second-order valence-electron chi connectivity index (χ2n) is 3.62. The van der Waals surface area contributed by atoms with Crippen molar-refractivity contribution in [1.29, 1.82) is 10.5 Å². The third-order valence-corrected chi connectivity index (χ3v) is 2.52. The topological polar surface area (TPSA) is 72.8 Å². The molecule has 0 saturated heterocycles. The van der Waals surface area contributed by atoms with Crippen LogP contribution in [0.1, 0.15) is 5.76 Å². The van der Waals surface area contributed by atoms with E-state index in [0.29, 0.717) is 16.7 Å². The maximum atomic E-state index is 8.64. The Morgan fingerprint density at radius 2 is 1.79 bits per heavy atom. The monoisotopic (exact) mass is 269 g/mol. The fourth-order valence-electron chi connectivity index (χ4n) is 1.40. The summed E-state index contributed by atoms with van der Waals surface area (Å²) in [6, 6.07) is 14.1. The summed E-state index contributed by atoms with van der Waals surface area (Å²) in [6.07, 6.45) is 1.38. The first-order chi connectivity index (χ1) is 9.21. The molecule has 2 aromatic rings. The molecule has 0 bridgehead atoms. The van der Waals surface area contributed by atoms with Crippen LogP contribution >= 0.6 is 11.6 Å². The fourth-order valence-corrected chi connectivity index (χ4v) is 1.53. The van der Waals surface area contributed by atoms with Gasteiger partial charge in [0.25, 0.3) is 0 Å². The van der Waals surface area contributed by atoms with Crippen LogP contribution in [0.4, 0.5) is 11.6 Å². The normalized spacial score (nSPS) is 9.21. The van der Waals surface area contributed by atoms with Crippen molar-refractivity contribution in [2.45, 2.75) is 0 Å². The van der Waals surface area contributed by atoms with Gasteiger partial charge < -0.3 is 9.73 Å². The Labute approximate surface area is 115 Å². The second kappa shape index (κ2) is 5.77. The summed E-state index contributed by atoms with van der Waals surface area (Å²) in [5.41, 5.74) is 0.822. The van der Waals surface area contributed by atoms with E-state index in [0.717, 1.165) is 5.69 Å². The van der Waals surface area contributed by atoms with Gasteiger partial charge in [0.1, 0.15) is 23.5 Å². The van der Waals surface area contributed by atoms with Gasteiger partial charge in [0, 0.05) is 22.9 Å². The van der Waals surface area contributed by atoms with Crippen molar-refractivity contribution < 1.29 is 4.42 Å². The van der Waals surface area contributed by atoms with Crippen molar-refractivity contribution >= 4 is 29.2 Å². The van der Waals surface area contributed by atoms with Crippen molar-refractivity contribution in [3.8, 4) is 12.1 Å². The zero-order valence-electron chi connectivity index (χ0n) is 9.72. The highest BCUT2D eigenvalue weighted by Gasteiger charge is 2.02. The molecule has 1 N–H and O–H groups in total. The lowest BCUT2D eigenvalue weighted by Gasteiger charge is -2.01. The van der Waals surface area contributed by atoms with Crippen LogP contribution in [0.5, 0.6) is 0 Å². The van der Waals surface area contributed by atoms with Crippen molar-refractivity contribution in [2.24, 2.45) is 0 Å². The molecule has 0 aliphatic rings. The summed E-state index contributed by atoms with van der Waals surface area (Å²) < 4.78 is 5.43. The Kier molecular flexibility index (Phi) is 3.87. The minimum atomic E-state index is -0.00704. The summed E-state index contributed by atoms with van der Waals surface area (Å²) in [6.45, 7) is 0. The van der Waals surface area contributed by atoms with Crippen LogP contribution in [0.2, 0.25) is 5.02 Å². The van der Waals surface area contributed by atoms with E-state index < -0.39 is 0 Å². The number of benzene rings is 1. The Balaban J connectivity index is 2.14. The second-order valence-corrected chi connectivity index (χ2v) is 4.05. The molecule has 92 valence electrons. The van der Waals surface area contributed by atoms with Gasteiger partial charge in [-0.05, 0) is 30.3 Å². The average molecular weight is 270 g/mol. The van der Waals surface area contributed by atoms with Crippen molar-refractivity contribution in [1.82, 2.24) is 0 Å². The summed E-state index contributed by atoms with van der Waals surface area (Å²) in [5.74, 6) is 0.957. The number of nitrogens with one attached hydrogen (secondary N) is 1. The lowest BCUT2D eigenvalue weighted by molar-refractivity contribution is 0.574. The quantitative estimate of drug-likeness (QED) is 0.851. The molecule has 1 aromatic carbocycles. The number of hydrogen-bond donors (Lipinski definition) is 1.